The Morgan fingerprint density at radius 2 is 2.07 bits per heavy atom. The minimum atomic E-state index is -3.98. The molecule has 0 radical (unpaired) electrons. The highest BCUT2D eigenvalue weighted by Gasteiger charge is 2.46. The summed E-state index contributed by atoms with van der Waals surface area (Å²) in [6.45, 7) is -0.800. The lowest BCUT2D eigenvalue weighted by atomic mass is 10.3. The van der Waals surface area contributed by atoms with Gasteiger partial charge >= 0.3 is 5.69 Å². The van der Waals surface area contributed by atoms with E-state index in [0.717, 1.165) is 4.57 Å². The monoisotopic (exact) mass is 419 g/mol. The Morgan fingerprint density at radius 1 is 1.33 bits per heavy atom. The Labute approximate surface area is 154 Å². The molecule has 1 aliphatic rings. The van der Waals surface area contributed by atoms with Gasteiger partial charge in [-0.05, 0) is 31.0 Å². The average molecular weight is 419 g/mol. The summed E-state index contributed by atoms with van der Waals surface area (Å²) >= 11 is 0.555. The lowest BCUT2D eigenvalue weighted by molar-refractivity contribution is 0.150. The smallest absolute Gasteiger partial charge is 0.305 e. The van der Waals surface area contributed by atoms with Gasteiger partial charge in [-0.3, -0.25) is 0 Å². The molecule has 0 amide bonds. The molecule has 0 atom stereocenters. The SMILES string of the molecule is O=c1[nH]c2cc(S(=O)(=O)NC3(CF)CC3)ccc2n1-c1nnc(C(F)F)s1. The zero-order valence-corrected chi connectivity index (χ0v) is 15.1. The Bertz CT molecular complexity index is 1180. The van der Waals surface area contributed by atoms with Crippen molar-refractivity contribution in [3.05, 3.63) is 33.7 Å². The molecule has 2 N–H and O–H groups in total. The summed E-state index contributed by atoms with van der Waals surface area (Å²) in [7, 11) is -3.98. The van der Waals surface area contributed by atoms with E-state index in [1.165, 1.54) is 18.2 Å². The number of imidazole rings is 1. The number of nitrogens with zero attached hydrogens (tertiary/aromatic N) is 3. The molecule has 0 spiro atoms. The quantitative estimate of drug-likeness (QED) is 0.634. The molecule has 0 aliphatic heterocycles. The van der Waals surface area contributed by atoms with Gasteiger partial charge in [0.15, 0.2) is 5.01 Å². The maximum absolute atomic E-state index is 13.0. The highest BCUT2D eigenvalue weighted by Crippen LogP contribution is 2.37. The topological polar surface area (TPSA) is 110 Å². The summed E-state index contributed by atoms with van der Waals surface area (Å²) in [4.78, 5) is 14.5. The third-order valence-corrected chi connectivity index (χ3v) is 6.72. The van der Waals surface area contributed by atoms with Crippen molar-refractivity contribution < 1.29 is 21.6 Å². The van der Waals surface area contributed by atoms with Crippen molar-refractivity contribution in [1.82, 2.24) is 24.5 Å². The largest absolute Gasteiger partial charge is 0.332 e. The van der Waals surface area contributed by atoms with Crippen LogP contribution in [0.3, 0.4) is 0 Å². The third kappa shape index (κ3) is 3.15. The molecule has 0 unspecified atom stereocenters. The van der Waals surface area contributed by atoms with Crippen molar-refractivity contribution in [2.75, 3.05) is 6.67 Å². The van der Waals surface area contributed by atoms with E-state index < -0.39 is 39.4 Å². The second kappa shape index (κ2) is 6.14. The summed E-state index contributed by atoms with van der Waals surface area (Å²) in [6, 6.07) is 3.82. The molecule has 0 saturated heterocycles. The van der Waals surface area contributed by atoms with E-state index in [9.17, 15) is 26.4 Å². The first kappa shape index (κ1) is 18.1. The van der Waals surface area contributed by atoms with Gasteiger partial charge in [0.2, 0.25) is 15.2 Å². The van der Waals surface area contributed by atoms with E-state index in [2.05, 4.69) is 19.9 Å². The number of alkyl halides is 3. The Kier molecular flexibility index (Phi) is 4.12. The molecule has 8 nitrogen and oxygen atoms in total. The van der Waals surface area contributed by atoms with Crippen molar-refractivity contribution in [1.29, 1.82) is 0 Å². The van der Waals surface area contributed by atoms with Gasteiger partial charge in [-0.15, -0.1) is 10.2 Å². The number of aromatic amines is 1. The number of halogens is 3. The number of hydrogen-bond acceptors (Lipinski definition) is 6. The van der Waals surface area contributed by atoms with Crippen molar-refractivity contribution in [3.63, 3.8) is 0 Å². The van der Waals surface area contributed by atoms with Gasteiger partial charge in [0.25, 0.3) is 6.43 Å². The molecule has 1 aliphatic carbocycles. The van der Waals surface area contributed by atoms with Crippen molar-refractivity contribution in [2.24, 2.45) is 0 Å². The highest BCUT2D eigenvalue weighted by molar-refractivity contribution is 7.89. The molecule has 3 aromatic rings. The molecule has 27 heavy (non-hydrogen) atoms. The van der Waals surface area contributed by atoms with E-state index in [-0.39, 0.29) is 21.1 Å². The molecule has 144 valence electrons. The van der Waals surface area contributed by atoms with E-state index in [0.29, 0.717) is 24.2 Å². The van der Waals surface area contributed by atoms with Crippen molar-refractivity contribution in [2.45, 2.75) is 29.7 Å². The normalized spacial score (nSPS) is 16.3. The zero-order valence-electron chi connectivity index (χ0n) is 13.4. The Balaban J connectivity index is 1.75. The predicted octanol–water partition coefficient (Wildman–Crippen LogP) is 1.89. The molecule has 13 heteroatoms. The number of rotatable bonds is 6. The van der Waals surface area contributed by atoms with Crippen LogP contribution < -0.4 is 10.4 Å². The zero-order chi connectivity index (χ0) is 19.4. The van der Waals surface area contributed by atoms with Crippen LogP contribution in [0.4, 0.5) is 13.2 Å². The minimum absolute atomic E-state index is 0.0651. The first-order valence-corrected chi connectivity index (χ1v) is 10.0. The van der Waals surface area contributed by atoms with Gasteiger partial charge in [-0.1, -0.05) is 11.3 Å². The molecule has 1 saturated carbocycles. The summed E-state index contributed by atoms with van der Waals surface area (Å²) in [5.41, 5.74) is -1.30. The van der Waals surface area contributed by atoms with E-state index in [1.807, 2.05) is 0 Å². The molecule has 0 bridgehead atoms. The van der Waals surface area contributed by atoms with Crippen LogP contribution in [-0.4, -0.2) is 40.4 Å². The Hall–Kier alpha value is -2.25. The number of fused-ring (bicyclic) bond motifs is 1. The number of sulfonamides is 1. The van der Waals surface area contributed by atoms with Gasteiger partial charge in [-0.2, -0.15) is 0 Å². The van der Waals surface area contributed by atoms with Gasteiger partial charge in [0, 0.05) is 0 Å². The lowest BCUT2D eigenvalue weighted by Gasteiger charge is -2.13. The fourth-order valence-corrected chi connectivity index (χ4v) is 4.79. The van der Waals surface area contributed by atoms with Gasteiger partial charge in [0.05, 0.1) is 21.5 Å². The first-order chi connectivity index (χ1) is 12.7. The molecule has 2 aromatic heterocycles. The lowest BCUT2D eigenvalue weighted by Crippen LogP contribution is -2.38. The van der Waals surface area contributed by atoms with Gasteiger partial charge < -0.3 is 4.98 Å². The van der Waals surface area contributed by atoms with Crippen LogP contribution in [0.2, 0.25) is 0 Å². The number of hydrogen-bond donors (Lipinski definition) is 2. The fraction of sp³-hybridized carbons (Fsp3) is 0.357. The molecular weight excluding hydrogens is 407 g/mol. The molecular formula is C14H12F3N5O3S2. The second-order valence-corrected chi connectivity index (χ2v) is 8.86. The van der Waals surface area contributed by atoms with Crippen LogP contribution >= 0.6 is 11.3 Å². The van der Waals surface area contributed by atoms with Crippen LogP contribution in [0.15, 0.2) is 27.9 Å². The molecule has 4 rings (SSSR count). The predicted molar refractivity (Wildman–Crippen MR) is 90.6 cm³/mol. The summed E-state index contributed by atoms with van der Waals surface area (Å²) in [6.07, 6.45) is -1.98. The van der Waals surface area contributed by atoms with E-state index in [1.54, 1.807) is 0 Å². The number of benzene rings is 1. The molecule has 2 heterocycles. The Morgan fingerprint density at radius 3 is 2.67 bits per heavy atom. The minimum Gasteiger partial charge on any atom is -0.305 e. The third-order valence-electron chi connectivity index (χ3n) is 4.23. The van der Waals surface area contributed by atoms with Crippen LogP contribution in [-0.2, 0) is 10.0 Å². The van der Waals surface area contributed by atoms with Crippen LogP contribution in [0.25, 0.3) is 16.2 Å². The first-order valence-electron chi connectivity index (χ1n) is 7.71. The number of aromatic nitrogens is 4. The van der Waals surface area contributed by atoms with Gasteiger partial charge in [-0.25, -0.2) is 35.7 Å². The maximum Gasteiger partial charge on any atom is 0.332 e. The van der Waals surface area contributed by atoms with Crippen molar-refractivity contribution >= 4 is 32.4 Å². The standard InChI is InChI=1S/C14H12F3N5O3S2/c15-6-14(3-4-14)21-27(24,25)7-1-2-9-8(5-7)18-12(23)22(9)13-20-19-11(26-13)10(16)17/h1-2,5,10,21H,3-4,6H2,(H,18,23). The van der Waals surface area contributed by atoms with Crippen LogP contribution in [0.1, 0.15) is 24.3 Å². The summed E-state index contributed by atoms with van der Waals surface area (Å²) in [5.74, 6) is 0. The number of nitrogens with one attached hydrogen (secondary N) is 2. The van der Waals surface area contributed by atoms with E-state index in [4.69, 9.17) is 0 Å². The summed E-state index contributed by atoms with van der Waals surface area (Å²) in [5, 5.41) is 6.33. The second-order valence-electron chi connectivity index (χ2n) is 6.19. The average Bonchev–Trinajstić information content (AvgIpc) is 3.06. The highest BCUT2D eigenvalue weighted by atomic mass is 32.2. The number of H-pyrrole nitrogens is 1. The van der Waals surface area contributed by atoms with Crippen LogP contribution in [0.5, 0.6) is 0 Å². The fourth-order valence-electron chi connectivity index (χ4n) is 2.61. The summed E-state index contributed by atoms with van der Waals surface area (Å²) < 4.78 is 66.7. The van der Waals surface area contributed by atoms with Crippen LogP contribution in [0, 0.1) is 0 Å². The van der Waals surface area contributed by atoms with Gasteiger partial charge in [0.1, 0.15) is 6.67 Å². The molecule has 1 aromatic carbocycles. The molecule has 1 fully saturated rings. The maximum atomic E-state index is 13.0. The van der Waals surface area contributed by atoms with E-state index >= 15 is 0 Å². The van der Waals surface area contributed by atoms with Crippen molar-refractivity contribution in [3.8, 4) is 5.13 Å².